The van der Waals surface area contributed by atoms with Gasteiger partial charge in [-0.05, 0) is 24.1 Å². The fourth-order valence-corrected chi connectivity index (χ4v) is 2.38. The van der Waals surface area contributed by atoms with Crippen LogP contribution in [0.5, 0.6) is 0 Å². The van der Waals surface area contributed by atoms with E-state index in [0.717, 1.165) is 16.8 Å². The molecule has 19 heavy (non-hydrogen) atoms. The molecular formula is C14H13Cl2NO2. The van der Waals surface area contributed by atoms with Gasteiger partial charge in [-0.1, -0.05) is 35.3 Å². The Balaban J connectivity index is 2.39. The minimum atomic E-state index is -0.355. The second kappa shape index (κ2) is 5.68. The average Bonchev–Trinajstić information content (AvgIpc) is 2.75. The Labute approximate surface area is 121 Å². The van der Waals surface area contributed by atoms with Crippen molar-refractivity contribution in [2.24, 2.45) is 0 Å². The topological polar surface area (TPSA) is 42.1 Å². The van der Waals surface area contributed by atoms with E-state index in [1.165, 1.54) is 7.11 Å². The van der Waals surface area contributed by atoms with E-state index >= 15 is 0 Å². The standard InChI is InChI=1S/C14H13Cl2NO2/c1-8-12(14(18)19-2)10(7-17-8)6-9-4-3-5-11(15)13(9)16/h3-5,7,17H,6H2,1-2H3. The van der Waals surface area contributed by atoms with Crippen LogP contribution in [0.3, 0.4) is 0 Å². The van der Waals surface area contributed by atoms with Crippen molar-refractivity contribution in [2.75, 3.05) is 7.11 Å². The number of carbonyl (C=O) groups is 1. The molecule has 1 heterocycles. The molecule has 1 aromatic heterocycles. The minimum absolute atomic E-state index is 0.355. The van der Waals surface area contributed by atoms with Gasteiger partial charge in [0, 0.05) is 18.3 Å². The second-order valence-electron chi connectivity index (χ2n) is 4.20. The van der Waals surface area contributed by atoms with Gasteiger partial charge in [0.05, 0.1) is 22.7 Å². The Kier molecular flexibility index (Phi) is 4.17. The molecule has 1 aromatic carbocycles. The molecule has 2 aromatic rings. The average molecular weight is 298 g/mol. The molecule has 1 N–H and O–H groups in total. The number of ether oxygens (including phenoxy) is 1. The van der Waals surface area contributed by atoms with E-state index in [-0.39, 0.29) is 5.97 Å². The second-order valence-corrected chi connectivity index (χ2v) is 4.98. The van der Waals surface area contributed by atoms with Crippen LogP contribution in [-0.4, -0.2) is 18.1 Å². The van der Waals surface area contributed by atoms with E-state index in [2.05, 4.69) is 4.98 Å². The fourth-order valence-electron chi connectivity index (χ4n) is 2.00. The first-order valence-corrected chi connectivity index (χ1v) is 6.48. The Morgan fingerprint density at radius 2 is 2.05 bits per heavy atom. The van der Waals surface area contributed by atoms with Gasteiger partial charge in [-0.2, -0.15) is 0 Å². The maximum absolute atomic E-state index is 11.8. The molecule has 2 rings (SSSR count). The van der Waals surface area contributed by atoms with Crippen LogP contribution in [0.4, 0.5) is 0 Å². The summed E-state index contributed by atoms with van der Waals surface area (Å²) < 4.78 is 4.79. The highest BCUT2D eigenvalue weighted by atomic mass is 35.5. The summed E-state index contributed by atoms with van der Waals surface area (Å²) in [5, 5.41) is 1.02. The molecule has 0 spiro atoms. The zero-order valence-electron chi connectivity index (χ0n) is 10.6. The van der Waals surface area contributed by atoms with E-state index in [1.807, 2.05) is 19.1 Å². The van der Waals surface area contributed by atoms with Gasteiger partial charge >= 0.3 is 5.97 Å². The zero-order valence-corrected chi connectivity index (χ0v) is 12.1. The number of carbonyl (C=O) groups excluding carboxylic acids is 1. The van der Waals surface area contributed by atoms with Gasteiger partial charge < -0.3 is 9.72 Å². The molecule has 0 saturated heterocycles. The summed E-state index contributed by atoms with van der Waals surface area (Å²) in [6, 6.07) is 5.45. The molecule has 3 nitrogen and oxygen atoms in total. The number of methoxy groups -OCH3 is 1. The van der Waals surface area contributed by atoms with Crippen LogP contribution in [0.25, 0.3) is 0 Å². The number of rotatable bonds is 3. The number of hydrogen-bond acceptors (Lipinski definition) is 2. The number of benzene rings is 1. The van der Waals surface area contributed by atoms with Gasteiger partial charge in [-0.25, -0.2) is 4.79 Å². The van der Waals surface area contributed by atoms with Gasteiger partial charge in [0.25, 0.3) is 0 Å². The van der Waals surface area contributed by atoms with Gasteiger partial charge in [0.2, 0.25) is 0 Å². The molecule has 0 saturated carbocycles. The maximum atomic E-state index is 11.8. The van der Waals surface area contributed by atoms with E-state index in [1.54, 1.807) is 12.3 Å². The number of halogens is 2. The Hall–Kier alpha value is -1.45. The van der Waals surface area contributed by atoms with Crippen LogP contribution < -0.4 is 0 Å². The summed E-state index contributed by atoms with van der Waals surface area (Å²) in [4.78, 5) is 14.8. The van der Waals surface area contributed by atoms with Crippen LogP contribution in [0, 0.1) is 6.92 Å². The minimum Gasteiger partial charge on any atom is -0.465 e. The van der Waals surface area contributed by atoms with E-state index in [0.29, 0.717) is 22.0 Å². The van der Waals surface area contributed by atoms with Crippen LogP contribution in [0.1, 0.15) is 27.2 Å². The van der Waals surface area contributed by atoms with Crippen LogP contribution in [0.2, 0.25) is 10.0 Å². The molecule has 5 heteroatoms. The molecule has 0 bridgehead atoms. The monoisotopic (exact) mass is 297 g/mol. The lowest BCUT2D eigenvalue weighted by Crippen LogP contribution is -2.05. The molecule has 0 atom stereocenters. The summed E-state index contributed by atoms with van der Waals surface area (Å²) >= 11 is 12.1. The first-order valence-electron chi connectivity index (χ1n) is 5.72. The molecule has 0 aliphatic rings. The zero-order chi connectivity index (χ0) is 14.0. The Morgan fingerprint density at radius 1 is 1.32 bits per heavy atom. The van der Waals surface area contributed by atoms with Crippen molar-refractivity contribution in [1.82, 2.24) is 4.98 Å². The summed E-state index contributed by atoms with van der Waals surface area (Å²) in [5.74, 6) is -0.355. The molecule has 100 valence electrons. The largest absolute Gasteiger partial charge is 0.465 e. The quantitative estimate of drug-likeness (QED) is 0.870. The first kappa shape index (κ1) is 14.0. The lowest BCUT2D eigenvalue weighted by Gasteiger charge is -2.07. The van der Waals surface area contributed by atoms with Crippen molar-refractivity contribution >= 4 is 29.2 Å². The highest BCUT2D eigenvalue weighted by molar-refractivity contribution is 6.42. The van der Waals surface area contributed by atoms with Gasteiger partial charge in [0.15, 0.2) is 0 Å². The number of hydrogen-bond donors (Lipinski definition) is 1. The highest BCUT2D eigenvalue weighted by Crippen LogP contribution is 2.28. The maximum Gasteiger partial charge on any atom is 0.339 e. The summed E-state index contributed by atoms with van der Waals surface area (Å²) in [6.07, 6.45) is 2.31. The van der Waals surface area contributed by atoms with Crippen LogP contribution in [0.15, 0.2) is 24.4 Å². The SMILES string of the molecule is COC(=O)c1c(Cc2cccc(Cl)c2Cl)c[nH]c1C. The molecule has 0 aliphatic carbocycles. The van der Waals surface area contributed by atoms with Gasteiger partial charge in [-0.15, -0.1) is 0 Å². The summed E-state index contributed by atoms with van der Waals surface area (Å²) in [6.45, 7) is 1.83. The predicted molar refractivity (Wildman–Crippen MR) is 76.1 cm³/mol. The van der Waals surface area contributed by atoms with Crippen molar-refractivity contribution in [1.29, 1.82) is 0 Å². The van der Waals surface area contributed by atoms with E-state index in [4.69, 9.17) is 27.9 Å². The molecule has 0 aliphatic heterocycles. The number of aryl methyl sites for hydroxylation is 1. The lowest BCUT2D eigenvalue weighted by molar-refractivity contribution is 0.0599. The van der Waals surface area contributed by atoms with Crippen molar-refractivity contribution in [3.05, 3.63) is 56.8 Å². The lowest BCUT2D eigenvalue weighted by atomic mass is 10.0. The van der Waals surface area contributed by atoms with Crippen LogP contribution >= 0.6 is 23.2 Å². The highest BCUT2D eigenvalue weighted by Gasteiger charge is 2.18. The normalized spacial score (nSPS) is 10.5. The Bertz CT molecular complexity index is 620. The number of nitrogens with one attached hydrogen (secondary N) is 1. The van der Waals surface area contributed by atoms with Crippen molar-refractivity contribution < 1.29 is 9.53 Å². The first-order chi connectivity index (χ1) is 9.04. The van der Waals surface area contributed by atoms with E-state index < -0.39 is 0 Å². The Morgan fingerprint density at radius 3 is 2.74 bits per heavy atom. The number of aromatic nitrogens is 1. The molecule has 0 unspecified atom stereocenters. The predicted octanol–water partition coefficient (Wildman–Crippen LogP) is 4.01. The van der Waals surface area contributed by atoms with Crippen molar-refractivity contribution in [3.63, 3.8) is 0 Å². The van der Waals surface area contributed by atoms with Crippen molar-refractivity contribution in [3.8, 4) is 0 Å². The van der Waals surface area contributed by atoms with E-state index in [9.17, 15) is 4.79 Å². The fraction of sp³-hybridized carbons (Fsp3) is 0.214. The third-order valence-electron chi connectivity index (χ3n) is 2.96. The number of H-pyrrole nitrogens is 1. The number of esters is 1. The molecular weight excluding hydrogens is 285 g/mol. The van der Waals surface area contributed by atoms with Crippen molar-refractivity contribution in [2.45, 2.75) is 13.3 Å². The number of aromatic amines is 1. The van der Waals surface area contributed by atoms with Gasteiger partial charge in [-0.3, -0.25) is 0 Å². The third-order valence-corrected chi connectivity index (χ3v) is 3.82. The molecule has 0 radical (unpaired) electrons. The molecule has 0 amide bonds. The smallest absolute Gasteiger partial charge is 0.339 e. The van der Waals surface area contributed by atoms with Crippen LogP contribution in [-0.2, 0) is 11.2 Å². The third kappa shape index (κ3) is 2.77. The molecule has 0 fully saturated rings. The summed E-state index contributed by atoms with van der Waals surface area (Å²) in [5.41, 5.74) is 3.05. The van der Waals surface area contributed by atoms with Gasteiger partial charge in [0.1, 0.15) is 0 Å². The summed E-state index contributed by atoms with van der Waals surface area (Å²) in [7, 11) is 1.37.